The molecule has 0 saturated heterocycles. The number of benzene rings is 20. The van der Waals surface area contributed by atoms with Gasteiger partial charge in [-0.05, 0) is 253 Å². The molecule has 20 aromatic rings. The van der Waals surface area contributed by atoms with Crippen molar-refractivity contribution in [1.29, 1.82) is 0 Å². The van der Waals surface area contributed by atoms with Crippen LogP contribution >= 0.6 is 54.5 Å². The van der Waals surface area contributed by atoms with Gasteiger partial charge in [-0.15, -0.1) is 0 Å². The third-order valence-electron chi connectivity index (χ3n) is 21.0. The third kappa shape index (κ3) is 17.7. The van der Waals surface area contributed by atoms with E-state index in [0.29, 0.717) is 10.9 Å². The van der Waals surface area contributed by atoms with E-state index in [1.807, 2.05) is 84.9 Å². The number of rotatable bonds is 10. The van der Waals surface area contributed by atoms with Crippen molar-refractivity contribution in [3.05, 3.63) is 443 Å². The molecule has 9 heteroatoms. The van der Waals surface area contributed by atoms with E-state index in [4.69, 9.17) is 0 Å². The van der Waals surface area contributed by atoms with E-state index < -0.39 is 14.2 Å². The van der Waals surface area contributed by atoms with Crippen LogP contribution in [0.25, 0.3) is 164 Å². The van der Waals surface area contributed by atoms with E-state index >= 15 is 0 Å². The average Bonchev–Trinajstić information content (AvgIpc) is 0.784. The molecule has 0 heterocycles. The van der Waals surface area contributed by atoms with Crippen molar-refractivity contribution in [3.63, 3.8) is 0 Å². The monoisotopic (exact) mass is 1720 g/mol. The first-order valence-corrected chi connectivity index (χ1v) is 40.8. The summed E-state index contributed by atoms with van der Waals surface area (Å²) in [6.07, 6.45) is 0. The predicted octanol–water partition coefficient (Wildman–Crippen LogP) is 27.3. The van der Waals surface area contributed by atoms with Crippen LogP contribution in [0.5, 0.6) is 0 Å². The first-order chi connectivity index (χ1) is 56.4. The van der Waals surface area contributed by atoms with Crippen LogP contribution in [0.2, 0.25) is 0 Å². The molecule has 0 amide bonds. The van der Waals surface area contributed by atoms with Gasteiger partial charge in [-0.2, -0.15) is 0 Å². The fraction of sp³-hybridized carbons (Fsp3) is 0. The van der Waals surface area contributed by atoms with Gasteiger partial charge in [0.1, 0.15) is 0 Å². The second kappa shape index (κ2) is 35.9. The molecule has 0 radical (unpaired) electrons. The highest BCUT2D eigenvalue weighted by atomic mass is 127. The highest BCUT2D eigenvalue weighted by Gasteiger charge is 2.18. The average molecular weight is 1720 g/mol. The Morgan fingerprint density at radius 2 is 0.478 bits per heavy atom. The lowest BCUT2D eigenvalue weighted by molar-refractivity contribution is 0.424. The van der Waals surface area contributed by atoms with Crippen LogP contribution in [0.3, 0.4) is 0 Å². The van der Waals surface area contributed by atoms with Gasteiger partial charge in [-0.25, -0.2) is 0 Å². The van der Waals surface area contributed by atoms with Crippen LogP contribution in [0.15, 0.2) is 440 Å². The molecular formula is C106H75B2Br2IO4. The van der Waals surface area contributed by atoms with E-state index in [2.05, 4.69) is 388 Å². The quantitative estimate of drug-likeness (QED) is 0.0812. The highest BCUT2D eigenvalue weighted by Crippen LogP contribution is 2.41. The smallest absolute Gasteiger partial charge is 0.423 e. The van der Waals surface area contributed by atoms with E-state index in [-0.39, 0.29) is 0 Å². The zero-order valence-corrected chi connectivity index (χ0v) is 67.9. The lowest BCUT2D eigenvalue weighted by atomic mass is 9.76. The molecule has 0 unspecified atom stereocenters. The van der Waals surface area contributed by atoms with Gasteiger partial charge < -0.3 is 20.1 Å². The summed E-state index contributed by atoms with van der Waals surface area (Å²) in [5, 5.41) is 54.1. The van der Waals surface area contributed by atoms with Crippen molar-refractivity contribution in [2.75, 3.05) is 0 Å². The molecule has 550 valence electrons. The van der Waals surface area contributed by atoms with Crippen LogP contribution in [-0.2, 0) is 0 Å². The van der Waals surface area contributed by atoms with Crippen LogP contribution in [-0.4, -0.2) is 34.3 Å². The second-order valence-corrected chi connectivity index (χ2v) is 31.3. The number of hydrogen-bond donors (Lipinski definition) is 4. The summed E-state index contributed by atoms with van der Waals surface area (Å²) in [4.78, 5) is 0. The highest BCUT2D eigenvalue weighted by molar-refractivity contribution is 14.1. The number of fused-ring (bicyclic) bond motifs is 7. The summed E-state index contributed by atoms with van der Waals surface area (Å²) in [6, 6.07) is 150. The van der Waals surface area contributed by atoms with Crippen molar-refractivity contribution in [1.82, 2.24) is 0 Å². The second-order valence-electron chi connectivity index (χ2n) is 28.2. The van der Waals surface area contributed by atoms with Crippen molar-refractivity contribution in [2.24, 2.45) is 0 Å². The van der Waals surface area contributed by atoms with Gasteiger partial charge in [-0.1, -0.05) is 408 Å². The molecule has 0 aliphatic carbocycles. The Morgan fingerprint density at radius 1 is 0.183 bits per heavy atom. The molecule has 20 rings (SSSR count). The SMILES string of the molecule is Brc1cccc(-c2ccc(-c3ccccc3)c3ccccc23)c1.Brc1cccc(I)c1.OB(O)c1ccc(-c2ccccc2)c2ccccc12.OB(O)c1ccc2cc(-c3cccc4ccccc34)ccc2c1.c1ccc(-c2ccc(-c3cccc(-c4ccc5cc(-c6cccc7ccccc67)ccc5c4)c3)c3ccccc23)cc1. The zero-order valence-electron chi connectivity index (χ0n) is 62.6. The molecule has 0 aliphatic heterocycles. The van der Waals surface area contributed by atoms with Crippen LogP contribution < -0.4 is 10.9 Å². The molecule has 0 spiro atoms. The minimum Gasteiger partial charge on any atom is -0.423 e. The Labute approximate surface area is 701 Å². The van der Waals surface area contributed by atoms with E-state index in [0.717, 1.165) is 47.2 Å². The largest absolute Gasteiger partial charge is 0.489 e. The van der Waals surface area contributed by atoms with Gasteiger partial charge in [0.15, 0.2) is 0 Å². The molecule has 0 atom stereocenters. The van der Waals surface area contributed by atoms with Gasteiger partial charge in [0, 0.05) is 12.5 Å². The molecule has 0 aromatic heterocycles. The van der Waals surface area contributed by atoms with Crippen LogP contribution in [0.4, 0.5) is 0 Å². The fourth-order valence-electron chi connectivity index (χ4n) is 15.4. The molecular weight excluding hydrogens is 1650 g/mol. The van der Waals surface area contributed by atoms with Crippen molar-refractivity contribution < 1.29 is 20.1 Å². The van der Waals surface area contributed by atoms with E-state index in [9.17, 15) is 20.1 Å². The zero-order chi connectivity index (χ0) is 78.6. The minimum absolute atomic E-state index is 0.510. The Morgan fingerprint density at radius 3 is 0.913 bits per heavy atom. The molecule has 4 N–H and O–H groups in total. The lowest BCUT2D eigenvalue weighted by Gasteiger charge is -2.13. The number of hydrogen-bond acceptors (Lipinski definition) is 4. The molecule has 0 aliphatic rings. The predicted molar refractivity (Wildman–Crippen MR) is 506 cm³/mol. The maximum Gasteiger partial charge on any atom is 0.489 e. The van der Waals surface area contributed by atoms with Crippen molar-refractivity contribution >= 4 is 155 Å². The van der Waals surface area contributed by atoms with Gasteiger partial charge in [-0.3, -0.25) is 0 Å². The maximum atomic E-state index is 9.44. The maximum absolute atomic E-state index is 9.44. The van der Waals surface area contributed by atoms with Crippen molar-refractivity contribution in [2.45, 2.75) is 0 Å². The summed E-state index contributed by atoms with van der Waals surface area (Å²) in [5.74, 6) is 0. The van der Waals surface area contributed by atoms with Gasteiger partial charge in [0.25, 0.3) is 0 Å². The summed E-state index contributed by atoms with van der Waals surface area (Å²) >= 11 is 9.21. The summed E-state index contributed by atoms with van der Waals surface area (Å²) in [7, 11) is -2.88. The fourth-order valence-corrected chi connectivity index (χ4v) is 17.1. The Bertz CT molecular complexity index is 6830. The number of halogens is 3. The third-order valence-corrected chi connectivity index (χ3v) is 22.6. The van der Waals surface area contributed by atoms with Gasteiger partial charge >= 0.3 is 14.2 Å². The van der Waals surface area contributed by atoms with Crippen molar-refractivity contribution in [3.8, 4) is 89.0 Å². The minimum atomic E-state index is -1.45. The molecule has 0 fully saturated rings. The molecule has 4 nitrogen and oxygen atoms in total. The normalized spacial score (nSPS) is 10.9. The summed E-state index contributed by atoms with van der Waals surface area (Å²) in [6.45, 7) is 0. The lowest BCUT2D eigenvalue weighted by Crippen LogP contribution is -2.30. The summed E-state index contributed by atoms with van der Waals surface area (Å²) in [5.41, 5.74) is 20.6. The Kier molecular flexibility index (Phi) is 24.0. The topological polar surface area (TPSA) is 80.9 Å². The first kappa shape index (κ1) is 76.8. The summed E-state index contributed by atoms with van der Waals surface area (Å²) < 4.78 is 3.51. The first-order valence-electron chi connectivity index (χ1n) is 38.2. The van der Waals surface area contributed by atoms with Gasteiger partial charge in [0.2, 0.25) is 0 Å². The Balaban J connectivity index is 0.000000117. The molecule has 20 aromatic carbocycles. The standard InChI is InChI=1S/C42H28.C22H15Br.C20H15BO2.C16H13BO2.C6H4BrI/c1-2-10-29(11-3-1)39-24-25-40(42-18-7-6-17-41(39)42)35-15-8-14-31(27-35)32-20-21-34-28-36(23-22-33(34)26-32)38-19-9-13-30-12-4-5-16-37(30)38;23-18-10-6-9-17(15-18)20-14-13-19(16-7-2-1-3-8-16)21-11-4-5-12-22(20)21;22-21(23)18-11-10-15-12-17(9-8-16(15)13-18)20-7-3-5-14-4-1-2-6-19(14)20;18-17(19)16-11-10-13(12-6-2-1-3-7-12)14-8-4-5-9-15(14)16;7-5-2-1-3-6(8)4-5/h1-28H;1-15H;1-13,22-23H;1-11,18-19H;1-4H. The Hall–Kier alpha value is -12.1. The van der Waals surface area contributed by atoms with E-state index in [1.54, 1.807) is 12.1 Å². The van der Waals surface area contributed by atoms with Crippen LogP contribution in [0.1, 0.15) is 0 Å². The molecule has 0 bridgehead atoms. The molecule has 0 saturated carbocycles. The van der Waals surface area contributed by atoms with E-state index in [1.165, 1.54) is 130 Å². The molecule has 115 heavy (non-hydrogen) atoms. The van der Waals surface area contributed by atoms with Crippen LogP contribution in [0, 0.1) is 3.57 Å². The van der Waals surface area contributed by atoms with Gasteiger partial charge in [0.05, 0.1) is 0 Å².